The maximum absolute atomic E-state index is 15.0. The van der Waals surface area contributed by atoms with Gasteiger partial charge in [0.25, 0.3) is 5.91 Å². The van der Waals surface area contributed by atoms with E-state index < -0.39 is 59.5 Å². The number of anilines is 1. The molecule has 5 rings (SSSR count). The van der Waals surface area contributed by atoms with Gasteiger partial charge in [-0.25, -0.2) is 0 Å². The fourth-order valence-electron chi connectivity index (χ4n) is 7.79. The molecule has 9 atom stereocenters. The Morgan fingerprint density at radius 3 is 2.47 bits per heavy atom. The molecule has 0 aliphatic carbocycles. The molecule has 1 unspecified atom stereocenters. The number of nitrogens with zero attached hydrogens (tertiary/aromatic N) is 2. The first kappa shape index (κ1) is 38.2. The zero-order valence-corrected chi connectivity index (χ0v) is 31.0. The summed E-state index contributed by atoms with van der Waals surface area (Å²) in [6.07, 6.45) is 3.34. The fraction of sp³-hybridized carbons (Fsp3) is 0.487. The van der Waals surface area contributed by atoms with E-state index in [2.05, 4.69) is 34.4 Å². The van der Waals surface area contributed by atoms with E-state index in [9.17, 15) is 24.3 Å². The van der Waals surface area contributed by atoms with E-state index >= 15 is 0 Å². The van der Waals surface area contributed by atoms with Crippen molar-refractivity contribution in [2.45, 2.75) is 74.3 Å². The number of rotatable bonds is 17. The highest BCUT2D eigenvalue weighted by Crippen LogP contribution is 2.61. The normalized spacial score (nSPS) is 26.5. The third-order valence-electron chi connectivity index (χ3n) is 10.5. The van der Waals surface area contributed by atoms with Crippen LogP contribution in [0.3, 0.4) is 0 Å². The predicted octanol–water partition coefficient (Wildman–Crippen LogP) is 4.74. The average molecular weight is 767 g/mol. The zero-order valence-electron chi connectivity index (χ0n) is 29.4. The summed E-state index contributed by atoms with van der Waals surface area (Å²) >= 11 is 3.73. The van der Waals surface area contributed by atoms with E-state index in [4.69, 9.17) is 14.2 Å². The zero-order chi connectivity index (χ0) is 36.9. The van der Waals surface area contributed by atoms with Crippen LogP contribution in [0.25, 0.3) is 0 Å². The molecule has 0 saturated carbocycles. The summed E-state index contributed by atoms with van der Waals surface area (Å²) in [6.45, 7) is 11.2. The molecule has 3 saturated heterocycles. The molecule has 2 N–H and O–H groups in total. The number of esters is 1. The molecular formula is C39H48BrN3O8. The first-order chi connectivity index (χ1) is 24.6. The van der Waals surface area contributed by atoms with Crippen LogP contribution < -0.4 is 15.0 Å². The monoisotopic (exact) mass is 765 g/mol. The highest BCUT2D eigenvalue weighted by molar-refractivity contribution is 9.09. The number of aliphatic hydroxyl groups is 1. The van der Waals surface area contributed by atoms with Gasteiger partial charge in [0.2, 0.25) is 11.8 Å². The van der Waals surface area contributed by atoms with Crippen LogP contribution in [0.15, 0.2) is 79.9 Å². The number of ether oxygens (including phenoxy) is 3. The Bertz CT molecular complexity index is 1590. The van der Waals surface area contributed by atoms with Gasteiger partial charge < -0.3 is 34.4 Å². The van der Waals surface area contributed by atoms with E-state index in [1.165, 1.54) is 4.90 Å². The smallest absolute Gasteiger partial charge is 0.313 e. The number of hydrogen-bond donors (Lipinski definition) is 2. The van der Waals surface area contributed by atoms with E-state index in [0.29, 0.717) is 29.8 Å². The maximum Gasteiger partial charge on any atom is 0.313 e. The van der Waals surface area contributed by atoms with Gasteiger partial charge >= 0.3 is 5.97 Å². The van der Waals surface area contributed by atoms with Crippen LogP contribution in [0.4, 0.5) is 5.69 Å². The Morgan fingerprint density at radius 1 is 1.16 bits per heavy atom. The number of aliphatic hydroxyl groups excluding tert-OH is 1. The lowest BCUT2D eigenvalue weighted by molar-refractivity contribution is -0.161. The number of methoxy groups -OCH3 is 1. The SMILES string of the molecule is C=CCCC(=O)NC[C@H](OC(=O)[C@H]1[C@@H]2O[C@@]3(CC2Br)[C@@H]1C(=O)N([C@@H](CO)[C@@H](C)CC)[C@@H]3C(=O)N(CC=C)c1ccc(OC)cc1)c1ccccc1. The lowest BCUT2D eigenvalue weighted by atomic mass is 9.70. The predicted molar refractivity (Wildman–Crippen MR) is 196 cm³/mol. The summed E-state index contributed by atoms with van der Waals surface area (Å²) in [6, 6.07) is 14.2. The van der Waals surface area contributed by atoms with Crippen LogP contribution in [-0.4, -0.2) is 89.1 Å². The molecule has 2 bridgehead atoms. The van der Waals surface area contributed by atoms with Gasteiger partial charge in [-0.05, 0) is 48.6 Å². The standard InChI is InChI=1S/C39H48BrN3O8/c1-6-9-15-31(45)41-22-30(25-13-11-10-12-14-25)50-38(48)32-33-36(46)43(29(23-44)24(4)8-3)35(39(33)21-28(40)34(32)51-39)37(47)42(20-7-2)26-16-18-27(49-5)19-17-26/h6-7,10-14,16-19,24,28-30,32-35,44H,1-2,8-9,15,20-23H2,3-5H3,(H,41,45)/t24-,28?,29-,30-,32+,33-,34+,35+,39-/m0/s1. The van der Waals surface area contributed by atoms with Crippen molar-refractivity contribution >= 4 is 45.3 Å². The van der Waals surface area contributed by atoms with Crippen LogP contribution >= 0.6 is 15.9 Å². The maximum atomic E-state index is 15.0. The van der Waals surface area contributed by atoms with Crippen molar-refractivity contribution in [3.05, 3.63) is 85.5 Å². The number of nitrogens with one attached hydrogen (secondary N) is 1. The molecule has 0 radical (unpaired) electrons. The number of allylic oxidation sites excluding steroid dienone is 1. The summed E-state index contributed by atoms with van der Waals surface area (Å²) in [5.41, 5.74) is -0.144. The average Bonchev–Trinajstić information content (AvgIpc) is 3.74. The summed E-state index contributed by atoms with van der Waals surface area (Å²) < 4.78 is 18.2. The molecule has 2 aromatic carbocycles. The lowest BCUT2D eigenvalue weighted by Gasteiger charge is -2.41. The van der Waals surface area contributed by atoms with Crippen molar-refractivity contribution in [3.63, 3.8) is 0 Å². The van der Waals surface area contributed by atoms with Gasteiger partial charge in [-0.3, -0.25) is 19.2 Å². The first-order valence-electron chi connectivity index (χ1n) is 17.5. The Hall–Kier alpha value is -4.00. The minimum Gasteiger partial charge on any atom is -0.497 e. The van der Waals surface area contributed by atoms with Gasteiger partial charge in [0.05, 0.1) is 44.2 Å². The van der Waals surface area contributed by atoms with E-state index in [1.54, 1.807) is 48.4 Å². The second kappa shape index (κ2) is 16.6. The quantitative estimate of drug-likeness (QED) is 0.134. The van der Waals surface area contributed by atoms with Crippen LogP contribution in [-0.2, 0) is 28.7 Å². The van der Waals surface area contributed by atoms with Crippen LogP contribution in [0.2, 0.25) is 0 Å². The summed E-state index contributed by atoms with van der Waals surface area (Å²) in [5, 5.41) is 13.6. The number of alkyl halides is 1. The fourth-order valence-corrected chi connectivity index (χ4v) is 8.73. The molecule has 51 heavy (non-hydrogen) atoms. The Balaban J connectivity index is 1.53. The second-order valence-corrected chi connectivity index (χ2v) is 14.6. The molecule has 3 amide bonds. The van der Waals surface area contributed by atoms with Gasteiger partial charge in [0, 0.05) is 23.5 Å². The number of hydrogen-bond acceptors (Lipinski definition) is 8. The number of benzene rings is 2. The van der Waals surface area contributed by atoms with Crippen molar-refractivity contribution in [3.8, 4) is 5.75 Å². The number of fused-ring (bicyclic) bond motifs is 1. The molecule has 3 aliphatic heterocycles. The van der Waals surface area contributed by atoms with Gasteiger partial charge in [-0.1, -0.05) is 78.7 Å². The molecule has 0 aromatic heterocycles. The number of likely N-dealkylation sites (tertiary alicyclic amines) is 1. The molecule has 2 aromatic rings. The van der Waals surface area contributed by atoms with E-state index in [0.717, 1.165) is 0 Å². The van der Waals surface area contributed by atoms with Crippen molar-refractivity contribution in [1.82, 2.24) is 10.2 Å². The molecule has 3 aliphatic rings. The van der Waals surface area contributed by atoms with Crippen molar-refractivity contribution in [2.75, 3.05) is 31.7 Å². The molecule has 3 heterocycles. The Labute approximate surface area is 308 Å². The molecular weight excluding hydrogens is 718 g/mol. The number of halogens is 1. The largest absolute Gasteiger partial charge is 0.497 e. The topological polar surface area (TPSA) is 135 Å². The third-order valence-corrected chi connectivity index (χ3v) is 11.4. The van der Waals surface area contributed by atoms with Gasteiger partial charge in [-0.15, -0.1) is 13.2 Å². The summed E-state index contributed by atoms with van der Waals surface area (Å²) in [4.78, 5) is 59.4. The van der Waals surface area contributed by atoms with Gasteiger partial charge in [-0.2, -0.15) is 0 Å². The highest BCUT2D eigenvalue weighted by Gasteiger charge is 2.77. The van der Waals surface area contributed by atoms with Gasteiger partial charge in [0.15, 0.2) is 0 Å². The van der Waals surface area contributed by atoms with E-state index in [-0.39, 0.29) is 49.2 Å². The minimum absolute atomic E-state index is 0.0255. The molecule has 12 heteroatoms. The van der Waals surface area contributed by atoms with E-state index in [1.807, 2.05) is 44.2 Å². The number of amides is 3. The van der Waals surface area contributed by atoms with Crippen LogP contribution in [0, 0.1) is 17.8 Å². The van der Waals surface area contributed by atoms with Crippen LogP contribution in [0.5, 0.6) is 5.75 Å². The lowest BCUT2D eigenvalue weighted by Crippen LogP contribution is -2.60. The first-order valence-corrected chi connectivity index (χ1v) is 18.4. The minimum atomic E-state index is -1.38. The number of carbonyl (C=O) groups excluding carboxylic acids is 4. The van der Waals surface area contributed by atoms with Crippen molar-refractivity contribution in [1.29, 1.82) is 0 Å². The molecule has 11 nitrogen and oxygen atoms in total. The Morgan fingerprint density at radius 2 is 1.86 bits per heavy atom. The molecule has 274 valence electrons. The highest BCUT2D eigenvalue weighted by atomic mass is 79.9. The van der Waals surface area contributed by atoms with Crippen molar-refractivity contribution < 1.29 is 38.5 Å². The Kier molecular flexibility index (Phi) is 12.4. The number of carbonyl (C=O) groups is 4. The van der Waals surface area contributed by atoms with Gasteiger partial charge in [0.1, 0.15) is 23.5 Å². The van der Waals surface area contributed by atoms with Crippen LogP contribution in [0.1, 0.15) is 51.2 Å². The molecule has 1 spiro atoms. The summed E-state index contributed by atoms with van der Waals surface area (Å²) in [7, 11) is 1.56. The summed E-state index contributed by atoms with van der Waals surface area (Å²) in [5.74, 6) is -3.36. The van der Waals surface area contributed by atoms with Crippen molar-refractivity contribution in [2.24, 2.45) is 17.8 Å². The molecule has 3 fully saturated rings. The second-order valence-electron chi connectivity index (χ2n) is 13.4. The third kappa shape index (κ3) is 7.36.